The molecule has 0 N–H and O–H groups in total. The molecule has 1 aromatic heterocycles. The standard InChI is InChI=1S/C18H24N4/c1-4-21(5-2)17-13-14(3)19-18(20-17)22-12-8-10-15-9-6-7-11-16(15)22/h6-7,9,11,13H,4-5,8,10,12H2,1-3H3. The van der Waals surface area contributed by atoms with Crippen LogP contribution in [0, 0.1) is 6.92 Å². The van der Waals surface area contributed by atoms with E-state index in [1.165, 1.54) is 11.3 Å². The summed E-state index contributed by atoms with van der Waals surface area (Å²) in [4.78, 5) is 14.1. The molecule has 0 aliphatic carbocycles. The van der Waals surface area contributed by atoms with Crippen molar-refractivity contribution in [3.8, 4) is 0 Å². The Hall–Kier alpha value is -2.10. The first-order valence-corrected chi connectivity index (χ1v) is 8.19. The number of aryl methyl sites for hydroxylation is 2. The first-order valence-electron chi connectivity index (χ1n) is 8.19. The maximum absolute atomic E-state index is 4.84. The van der Waals surface area contributed by atoms with Gasteiger partial charge < -0.3 is 9.80 Å². The average molecular weight is 296 g/mol. The van der Waals surface area contributed by atoms with Crippen LogP contribution in [-0.4, -0.2) is 29.6 Å². The van der Waals surface area contributed by atoms with Crippen LogP contribution >= 0.6 is 0 Å². The zero-order valence-corrected chi connectivity index (χ0v) is 13.7. The topological polar surface area (TPSA) is 32.3 Å². The summed E-state index contributed by atoms with van der Waals surface area (Å²) < 4.78 is 0. The normalized spacial score (nSPS) is 13.9. The van der Waals surface area contributed by atoms with E-state index in [0.717, 1.165) is 49.9 Å². The van der Waals surface area contributed by atoms with Gasteiger partial charge in [-0.3, -0.25) is 0 Å². The van der Waals surface area contributed by atoms with Gasteiger partial charge in [-0.05, 0) is 45.2 Å². The molecule has 2 aromatic rings. The van der Waals surface area contributed by atoms with Gasteiger partial charge in [0.25, 0.3) is 0 Å². The smallest absolute Gasteiger partial charge is 0.232 e. The molecule has 3 rings (SSSR count). The lowest BCUT2D eigenvalue weighted by molar-refractivity contribution is 0.744. The van der Waals surface area contributed by atoms with Crippen molar-refractivity contribution in [3.63, 3.8) is 0 Å². The minimum Gasteiger partial charge on any atom is -0.357 e. The van der Waals surface area contributed by atoms with Crippen molar-refractivity contribution in [1.82, 2.24) is 9.97 Å². The molecule has 22 heavy (non-hydrogen) atoms. The summed E-state index contributed by atoms with van der Waals surface area (Å²) in [6, 6.07) is 10.7. The van der Waals surface area contributed by atoms with Gasteiger partial charge in [-0.15, -0.1) is 0 Å². The fourth-order valence-corrected chi connectivity index (χ4v) is 3.11. The monoisotopic (exact) mass is 296 g/mol. The number of anilines is 3. The number of aromatic nitrogens is 2. The summed E-state index contributed by atoms with van der Waals surface area (Å²) in [6.07, 6.45) is 2.29. The Morgan fingerprint density at radius 2 is 1.91 bits per heavy atom. The molecule has 1 aliphatic heterocycles. The third-order valence-electron chi connectivity index (χ3n) is 4.27. The quantitative estimate of drug-likeness (QED) is 0.861. The summed E-state index contributed by atoms with van der Waals surface area (Å²) in [5.41, 5.74) is 3.67. The molecule has 4 heteroatoms. The third kappa shape index (κ3) is 2.78. The van der Waals surface area contributed by atoms with Gasteiger partial charge in [-0.2, -0.15) is 4.98 Å². The minimum atomic E-state index is 0.828. The highest BCUT2D eigenvalue weighted by atomic mass is 15.3. The van der Waals surface area contributed by atoms with Gasteiger partial charge in [-0.25, -0.2) is 4.98 Å². The maximum atomic E-state index is 4.84. The van der Waals surface area contributed by atoms with Crippen molar-refractivity contribution in [2.24, 2.45) is 0 Å². The predicted octanol–water partition coefficient (Wildman–Crippen LogP) is 3.72. The number of nitrogens with zero attached hydrogens (tertiary/aromatic N) is 4. The fourth-order valence-electron chi connectivity index (χ4n) is 3.11. The van der Waals surface area contributed by atoms with Gasteiger partial charge in [0.1, 0.15) is 5.82 Å². The second-order valence-corrected chi connectivity index (χ2v) is 5.72. The summed E-state index contributed by atoms with van der Waals surface area (Å²) in [7, 11) is 0. The summed E-state index contributed by atoms with van der Waals surface area (Å²) in [6.45, 7) is 9.28. The number of fused-ring (bicyclic) bond motifs is 1. The van der Waals surface area contributed by atoms with Gasteiger partial charge in [0.05, 0.1) is 0 Å². The van der Waals surface area contributed by atoms with Gasteiger partial charge in [-0.1, -0.05) is 18.2 Å². The molecule has 2 heterocycles. The van der Waals surface area contributed by atoms with Gasteiger partial charge in [0, 0.05) is 37.1 Å². The SMILES string of the molecule is CCN(CC)c1cc(C)nc(N2CCCc3ccccc32)n1. The zero-order chi connectivity index (χ0) is 15.5. The molecule has 4 nitrogen and oxygen atoms in total. The Kier molecular flexibility index (Phi) is 4.27. The lowest BCUT2D eigenvalue weighted by atomic mass is 10.0. The van der Waals surface area contributed by atoms with Crippen LogP contribution < -0.4 is 9.80 Å². The molecule has 0 bridgehead atoms. The summed E-state index contributed by atoms with van der Waals surface area (Å²) in [5, 5.41) is 0. The molecule has 1 aromatic carbocycles. The number of benzene rings is 1. The Labute approximate surface area is 132 Å². The van der Waals surface area contributed by atoms with Crippen molar-refractivity contribution < 1.29 is 0 Å². The maximum Gasteiger partial charge on any atom is 0.232 e. The molecule has 0 atom stereocenters. The van der Waals surface area contributed by atoms with Crippen LogP contribution in [0.2, 0.25) is 0 Å². The Morgan fingerprint density at radius 3 is 2.68 bits per heavy atom. The van der Waals surface area contributed by atoms with E-state index in [9.17, 15) is 0 Å². The molecule has 0 fully saturated rings. The summed E-state index contributed by atoms with van der Waals surface area (Å²) >= 11 is 0. The van der Waals surface area contributed by atoms with Crippen molar-refractivity contribution >= 4 is 17.5 Å². The number of para-hydroxylation sites is 1. The van der Waals surface area contributed by atoms with E-state index >= 15 is 0 Å². The number of rotatable bonds is 4. The van der Waals surface area contributed by atoms with E-state index in [1.807, 2.05) is 6.92 Å². The lowest BCUT2D eigenvalue weighted by Crippen LogP contribution is -2.28. The van der Waals surface area contributed by atoms with E-state index in [-0.39, 0.29) is 0 Å². The predicted molar refractivity (Wildman–Crippen MR) is 92.1 cm³/mol. The highest BCUT2D eigenvalue weighted by Gasteiger charge is 2.21. The fraction of sp³-hybridized carbons (Fsp3) is 0.444. The highest BCUT2D eigenvalue weighted by molar-refractivity contribution is 5.64. The molecular weight excluding hydrogens is 272 g/mol. The van der Waals surface area contributed by atoms with E-state index in [2.05, 4.69) is 54.0 Å². The van der Waals surface area contributed by atoms with Crippen LogP contribution in [0.4, 0.5) is 17.5 Å². The molecule has 0 amide bonds. The lowest BCUT2D eigenvalue weighted by Gasteiger charge is -2.30. The first-order chi connectivity index (χ1) is 10.7. The van der Waals surface area contributed by atoms with E-state index < -0.39 is 0 Å². The second kappa shape index (κ2) is 6.34. The van der Waals surface area contributed by atoms with Crippen LogP contribution in [0.1, 0.15) is 31.5 Å². The Balaban J connectivity index is 2.02. The van der Waals surface area contributed by atoms with Crippen LogP contribution in [0.5, 0.6) is 0 Å². The van der Waals surface area contributed by atoms with Gasteiger partial charge in [0.15, 0.2) is 0 Å². The van der Waals surface area contributed by atoms with Gasteiger partial charge in [0.2, 0.25) is 5.95 Å². The second-order valence-electron chi connectivity index (χ2n) is 5.72. The van der Waals surface area contributed by atoms with Crippen molar-refractivity contribution in [2.45, 2.75) is 33.6 Å². The van der Waals surface area contributed by atoms with E-state index in [0.29, 0.717) is 0 Å². The summed E-state index contributed by atoms with van der Waals surface area (Å²) in [5.74, 6) is 1.85. The molecule has 0 saturated heterocycles. The molecule has 0 saturated carbocycles. The van der Waals surface area contributed by atoms with E-state index in [1.54, 1.807) is 0 Å². The van der Waals surface area contributed by atoms with Crippen LogP contribution in [-0.2, 0) is 6.42 Å². The minimum absolute atomic E-state index is 0.828. The molecule has 1 aliphatic rings. The van der Waals surface area contributed by atoms with Crippen molar-refractivity contribution in [3.05, 3.63) is 41.6 Å². The number of hydrogen-bond donors (Lipinski definition) is 0. The Bertz CT molecular complexity index is 649. The third-order valence-corrected chi connectivity index (χ3v) is 4.27. The molecule has 0 radical (unpaired) electrons. The largest absolute Gasteiger partial charge is 0.357 e. The van der Waals surface area contributed by atoms with Crippen molar-refractivity contribution in [2.75, 3.05) is 29.4 Å². The molecule has 116 valence electrons. The van der Waals surface area contributed by atoms with Crippen molar-refractivity contribution in [1.29, 1.82) is 0 Å². The van der Waals surface area contributed by atoms with Crippen LogP contribution in [0.25, 0.3) is 0 Å². The van der Waals surface area contributed by atoms with Crippen LogP contribution in [0.15, 0.2) is 30.3 Å². The Morgan fingerprint density at radius 1 is 1.14 bits per heavy atom. The molecular formula is C18H24N4. The zero-order valence-electron chi connectivity index (χ0n) is 13.7. The van der Waals surface area contributed by atoms with Gasteiger partial charge >= 0.3 is 0 Å². The average Bonchev–Trinajstić information content (AvgIpc) is 2.55. The highest BCUT2D eigenvalue weighted by Crippen LogP contribution is 2.32. The van der Waals surface area contributed by atoms with Crippen LogP contribution in [0.3, 0.4) is 0 Å². The number of hydrogen-bond acceptors (Lipinski definition) is 4. The van der Waals surface area contributed by atoms with E-state index in [4.69, 9.17) is 9.97 Å². The molecule has 0 spiro atoms. The first kappa shape index (κ1) is 14.8. The molecule has 0 unspecified atom stereocenters.